The van der Waals surface area contributed by atoms with Crippen LogP contribution >= 0.6 is 0 Å². The number of aliphatic hydroxyl groups is 1. The van der Waals surface area contributed by atoms with Gasteiger partial charge in [-0.05, 0) is 44.8 Å². The molecule has 0 fully saturated rings. The van der Waals surface area contributed by atoms with E-state index in [1.807, 2.05) is 13.0 Å². The van der Waals surface area contributed by atoms with Gasteiger partial charge in [-0.3, -0.25) is 0 Å². The SMILES string of the molecule is CC1=C2C[C@@]3(C)C(=CCC[C@@]3(C)O)C=C2OC1=O. The van der Waals surface area contributed by atoms with Crippen molar-refractivity contribution in [2.45, 2.75) is 45.6 Å². The molecule has 0 unspecified atom stereocenters. The largest absolute Gasteiger partial charge is 0.423 e. The summed E-state index contributed by atoms with van der Waals surface area (Å²) in [6, 6.07) is 0. The lowest BCUT2D eigenvalue weighted by Crippen LogP contribution is -2.48. The molecule has 1 heterocycles. The number of carbonyl (C=O) groups is 1. The standard InChI is InChI=1S/C15H18O3/c1-9-11-8-14(2)10(5-4-6-15(14,3)17)7-12(11)18-13(9)16/h5,7,17H,4,6,8H2,1-3H3/t14-,15+/m0/s1. The van der Waals surface area contributed by atoms with E-state index in [1.54, 1.807) is 6.92 Å². The third-order valence-corrected chi connectivity index (χ3v) is 4.90. The van der Waals surface area contributed by atoms with Gasteiger partial charge in [0.2, 0.25) is 0 Å². The molecule has 0 aromatic rings. The van der Waals surface area contributed by atoms with Gasteiger partial charge in [-0.15, -0.1) is 0 Å². The van der Waals surface area contributed by atoms with Gasteiger partial charge in [-0.2, -0.15) is 0 Å². The van der Waals surface area contributed by atoms with E-state index in [0.29, 0.717) is 17.8 Å². The van der Waals surface area contributed by atoms with Gasteiger partial charge in [0, 0.05) is 16.6 Å². The van der Waals surface area contributed by atoms with Crippen LogP contribution in [0.4, 0.5) is 0 Å². The van der Waals surface area contributed by atoms with Crippen LogP contribution in [0.1, 0.15) is 40.0 Å². The Morgan fingerprint density at radius 1 is 1.39 bits per heavy atom. The molecule has 2 atom stereocenters. The number of ether oxygens (including phenoxy) is 1. The normalized spacial score (nSPS) is 38.8. The smallest absolute Gasteiger partial charge is 0.339 e. The summed E-state index contributed by atoms with van der Waals surface area (Å²) >= 11 is 0. The summed E-state index contributed by atoms with van der Waals surface area (Å²) in [5.41, 5.74) is 1.68. The van der Waals surface area contributed by atoms with Crippen molar-refractivity contribution in [1.29, 1.82) is 0 Å². The van der Waals surface area contributed by atoms with Gasteiger partial charge in [-0.25, -0.2) is 4.79 Å². The minimum Gasteiger partial charge on any atom is -0.423 e. The molecule has 1 aliphatic heterocycles. The van der Waals surface area contributed by atoms with Gasteiger partial charge in [0.25, 0.3) is 0 Å². The Morgan fingerprint density at radius 3 is 2.83 bits per heavy atom. The minimum atomic E-state index is -0.738. The Balaban J connectivity index is 2.17. The van der Waals surface area contributed by atoms with E-state index < -0.39 is 5.60 Å². The molecule has 0 radical (unpaired) electrons. The topological polar surface area (TPSA) is 46.5 Å². The third-order valence-electron chi connectivity index (χ3n) is 4.90. The fraction of sp³-hybridized carbons (Fsp3) is 0.533. The lowest BCUT2D eigenvalue weighted by Gasteiger charge is -2.48. The fourth-order valence-electron chi connectivity index (χ4n) is 3.21. The number of rotatable bonds is 0. The first kappa shape index (κ1) is 11.7. The molecule has 96 valence electrons. The maximum atomic E-state index is 11.6. The van der Waals surface area contributed by atoms with Crippen molar-refractivity contribution in [3.63, 3.8) is 0 Å². The Bertz CT molecular complexity index is 534. The van der Waals surface area contributed by atoms with E-state index in [4.69, 9.17) is 4.74 Å². The Morgan fingerprint density at radius 2 is 2.11 bits per heavy atom. The number of esters is 1. The number of hydrogen-bond donors (Lipinski definition) is 1. The molecule has 3 rings (SSSR count). The fourth-order valence-corrected chi connectivity index (χ4v) is 3.21. The monoisotopic (exact) mass is 246 g/mol. The number of allylic oxidation sites excluding steroid dienone is 3. The van der Waals surface area contributed by atoms with Gasteiger partial charge in [0.05, 0.1) is 5.60 Å². The zero-order valence-electron chi connectivity index (χ0n) is 11.0. The maximum Gasteiger partial charge on any atom is 0.339 e. The van der Waals surface area contributed by atoms with Crippen molar-refractivity contribution >= 4 is 5.97 Å². The molecular formula is C15H18O3. The highest BCUT2D eigenvalue weighted by molar-refractivity contribution is 5.94. The highest BCUT2D eigenvalue weighted by Crippen LogP contribution is 2.54. The van der Waals surface area contributed by atoms with Crippen molar-refractivity contribution in [3.05, 3.63) is 34.6 Å². The van der Waals surface area contributed by atoms with Crippen LogP contribution < -0.4 is 0 Å². The first-order chi connectivity index (χ1) is 8.35. The van der Waals surface area contributed by atoms with Crippen LogP contribution in [0.15, 0.2) is 34.6 Å². The highest BCUT2D eigenvalue weighted by Gasteiger charge is 2.51. The summed E-state index contributed by atoms with van der Waals surface area (Å²) < 4.78 is 5.27. The molecule has 0 aromatic carbocycles. The molecule has 0 bridgehead atoms. The molecule has 0 saturated heterocycles. The van der Waals surface area contributed by atoms with Crippen LogP contribution in [-0.4, -0.2) is 16.7 Å². The van der Waals surface area contributed by atoms with Crippen molar-refractivity contribution in [2.24, 2.45) is 5.41 Å². The summed E-state index contributed by atoms with van der Waals surface area (Å²) in [4.78, 5) is 11.6. The van der Waals surface area contributed by atoms with Crippen LogP contribution in [0.3, 0.4) is 0 Å². The second-order valence-electron chi connectivity index (χ2n) is 5.98. The van der Waals surface area contributed by atoms with Crippen molar-refractivity contribution in [2.75, 3.05) is 0 Å². The summed E-state index contributed by atoms with van der Waals surface area (Å²) in [7, 11) is 0. The molecule has 0 spiro atoms. The molecule has 0 amide bonds. The van der Waals surface area contributed by atoms with E-state index in [2.05, 4.69) is 13.0 Å². The molecule has 3 aliphatic rings. The quantitative estimate of drug-likeness (QED) is 0.668. The second-order valence-corrected chi connectivity index (χ2v) is 5.98. The summed E-state index contributed by atoms with van der Waals surface area (Å²) in [6.45, 7) is 5.77. The predicted molar refractivity (Wildman–Crippen MR) is 67.5 cm³/mol. The van der Waals surface area contributed by atoms with Gasteiger partial charge >= 0.3 is 5.97 Å². The Labute approximate surface area is 107 Å². The summed E-state index contributed by atoms with van der Waals surface area (Å²) in [6.07, 6.45) is 6.39. The van der Waals surface area contributed by atoms with Crippen LogP contribution in [0.2, 0.25) is 0 Å². The molecule has 0 saturated carbocycles. The molecular weight excluding hydrogens is 228 g/mol. The molecule has 1 N–H and O–H groups in total. The lowest BCUT2D eigenvalue weighted by atomic mass is 9.59. The van der Waals surface area contributed by atoms with Crippen LogP contribution in [0.25, 0.3) is 0 Å². The zero-order valence-corrected chi connectivity index (χ0v) is 11.0. The van der Waals surface area contributed by atoms with E-state index >= 15 is 0 Å². The summed E-state index contributed by atoms with van der Waals surface area (Å²) in [5, 5.41) is 10.7. The van der Waals surface area contributed by atoms with E-state index in [9.17, 15) is 9.90 Å². The minimum absolute atomic E-state index is 0.251. The van der Waals surface area contributed by atoms with Gasteiger partial charge in [-0.1, -0.05) is 13.0 Å². The first-order valence-electron chi connectivity index (χ1n) is 6.42. The molecule has 3 heteroatoms. The first-order valence-corrected chi connectivity index (χ1v) is 6.42. The molecule has 18 heavy (non-hydrogen) atoms. The average molecular weight is 246 g/mol. The van der Waals surface area contributed by atoms with Crippen LogP contribution in [0, 0.1) is 5.41 Å². The number of hydrogen-bond acceptors (Lipinski definition) is 3. The van der Waals surface area contributed by atoms with E-state index in [0.717, 1.165) is 24.0 Å². The van der Waals surface area contributed by atoms with Crippen molar-refractivity contribution in [1.82, 2.24) is 0 Å². The van der Waals surface area contributed by atoms with Gasteiger partial charge in [0.15, 0.2) is 0 Å². The van der Waals surface area contributed by atoms with Crippen molar-refractivity contribution in [3.8, 4) is 0 Å². The Hall–Kier alpha value is -1.35. The number of carbonyl (C=O) groups excluding carboxylic acids is 1. The zero-order chi connectivity index (χ0) is 13.1. The third kappa shape index (κ3) is 1.31. The molecule has 0 aromatic heterocycles. The second kappa shape index (κ2) is 3.35. The predicted octanol–water partition coefficient (Wildman–Crippen LogP) is 2.62. The molecule has 3 nitrogen and oxygen atoms in total. The van der Waals surface area contributed by atoms with Crippen molar-refractivity contribution < 1.29 is 14.6 Å². The maximum absolute atomic E-state index is 11.6. The highest BCUT2D eigenvalue weighted by atomic mass is 16.5. The average Bonchev–Trinajstić information content (AvgIpc) is 2.54. The van der Waals surface area contributed by atoms with E-state index in [-0.39, 0.29) is 11.4 Å². The van der Waals surface area contributed by atoms with Gasteiger partial charge in [0.1, 0.15) is 5.76 Å². The van der Waals surface area contributed by atoms with Crippen LogP contribution in [-0.2, 0) is 9.53 Å². The van der Waals surface area contributed by atoms with Gasteiger partial charge < -0.3 is 9.84 Å². The molecule has 2 aliphatic carbocycles. The van der Waals surface area contributed by atoms with Crippen LogP contribution in [0.5, 0.6) is 0 Å². The summed E-state index contributed by atoms with van der Waals surface area (Å²) in [5.74, 6) is 0.428. The van der Waals surface area contributed by atoms with E-state index in [1.165, 1.54) is 0 Å². The Kier molecular flexibility index (Phi) is 2.18. The lowest BCUT2D eigenvalue weighted by molar-refractivity contribution is -0.133. The number of fused-ring (bicyclic) bond motifs is 2.